The molecule has 0 aliphatic heterocycles. The molecule has 0 aromatic carbocycles. The average molecular weight is 198 g/mol. The molecule has 0 amide bonds. The van der Waals surface area contributed by atoms with E-state index in [1.54, 1.807) is 11.6 Å². The highest BCUT2D eigenvalue weighted by Gasteiger charge is 2.02. The largest absolute Gasteiger partial charge is 0.391 e. The summed E-state index contributed by atoms with van der Waals surface area (Å²) in [5, 5.41) is 20.2. The van der Waals surface area contributed by atoms with Gasteiger partial charge in [0.2, 0.25) is 0 Å². The van der Waals surface area contributed by atoms with Crippen molar-refractivity contribution in [3.05, 3.63) is 11.9 Å². The summed E-state index contributed by atoms with van der Waals surface area (Å²) in [5.74, 6) is 0. The number of hydrogen-bond acceptors (Lipinski definition) is 4. The molecule has 0 saturated heterocycles. The summed E-state index contributed by atoms with van der Waals surface area (Å²) in [5.41, 5.74) is 0.916. The molecule has 1 atom stereocenters. The van der Waals surface area contributed by atoms with Crippen molar-refractivity contribution in [2.75, 3.05) is 6.54 Å². The first kappa shape index (κ1) is 11.1. The minimum Gasteiger partial charge on any atom is -0.391 e. The van der Waals surface area contributed by atoms with Crippen molar-refractivity contribution in [2.45, 2.75) is 39.5 Å². The first-order valence-corrected chi connectivity index (χ1v) is 5.00. The smallest absolute Gasteiger partial charge is 0.0964 e. The van der Waals surface area contributed by atoms with Gasteiger partial charge in [-0.15, -0.1) is 5.10 Å². The molecule has 1 heterocycles. The van der Waals surface area contributed by atoms with E-state index in [1.165, 1.54) is 0 Å². The van der Waals surface area contributed by atoms with Gasteiger partial charge in [0.05, 0.1) is 18.3 Å². The molecule has 0 aliphatic rings. The number of nitrogens with one attached hydrogen (secondary N) is 1. The zero-order chi connectivity index (χ0) is 10.4. The lowest BCUT2D eigenvalue weighted by Crippen LogP contribution is -2.14. The molecule has 0 aliphatic carbocycles. The van der Waals surface area contributed by atoms with Gasteiger partial charge in [-0.3, -0.25) is 0 Å². The van der Waals surface area contributed by atoms with Crippen LogP contribution in [0.5, 0.6) is 0 Å². The summed E-state index contributed by atoms with van der Waals surface area (Å²) in [6.45, 7) is 6.09. The molecule has 1 aromatic heterocycles. The molecule has 5 nitrogen and oxygen atoms in total. The molecule has 0 bridgehead atoms. The number of rotatable bonds is 6. The second-order valence-electron chi connectivity index (χ2n) is 3.46. The molecular formula is C9H18N4O. The van der Waals surface area contributed by atoms with Crippen LogP contribution in [0.3, 0.4) is 0 Å². The summed E-state index contributed by atoms with van der Waals surface area (Å²) in [6.07, 6.45) is 2.59. The predicted octanol–water partition coefficient (Wildman–Crippen LogP) is 0.158. The van der Waals surface area contributed by atoms with E-state index < -0.39 is 0 Å². The van der Waals surface area contributed by atoms with Crippen molar-refractivity contribution in [2.24, 2.45) is 0 Å². The number of hydrogen-bond donors (Lipinski definition) is 2. The Hall–Kier alpha value is -0.940. The van der Waals surface area contributed by atoms with Crippen molar-refractivity contribution >= 4 is 0 Å². The topological polar surface area (TPSA) is 63.0 Å². The molecule has 0 spiro atoms. The second kappa shape index (κ2) is 5.72. The Morgan fingerprint density at radius 3 is 3.07 bits per heavy atom. The number of aliphatic hydroxyl groups is 1. The molecule has 80 valence electrons. The molecule has 1 unspecified atom stereocenters. The third-order valence-electron chi connectivity index (χ3n) is 1.77. The van der Waals surface area contributed by atoms with Crippen molar-refractivity contribution in [1.82, 2.24) is 20.3 Å². The van der Waals surface area contributed by atoms with Crippen LogP contribution in [0.1, 0.15) is 26.0 Å². The van der Waals surface area contributed by atoms with Gasteiger partial charge in [-0.1, -0.05) is 12.1 Å². The monoisotopic (exact) mass is 198 g/mol. The minimum atomic E-state index is -0.381. The maximum atomic E-state index is 9.12. The fourth-order valence-corrected chi connectivity index (χ4v) is 1.17. The molecule has 0 saturated carbocycles. The predicted molar refractivity (Wildman–Crippen MR) is 53.7 cm³/mol. The van der Waals surface area contributed by atoms with E-state index in [4.69, 9.17) is 5.11 Å². The minimum absolute atomic E-state index is 0.381. The molecular weight excluding hydrogens is 180 g/mol. The summed E-state index contributed by atoms with van der Waals surface area (Å²) < 4.78 is 1.66. The first-order chi connectivity index (χ1) is 6.72. The standard InChI is InChI=1S/C9H18N4O/c1-3-4-10-5-9-7-13(12-11-9)6-8(2)14/h7-8,10,14H,3-6H2,1-2H3. The van der Waals surface area contributed by atoms with E-state index in [-0.39, 0.29) is 6.10 Å². The first-order valence-electron chi connectivity index (χ1n) is 5.00. The van der Waals surface area contributed by atoms with Crippen LogP contribution in [-0.2, 0) is 13.1 Å². The molecule has 1 aromatic rings. The quantitative estimate of drug-likeness (QED) is 0.639. The van der Waals surface area contributed by atoms with Crippen molar-refractivity contribution in [3.8, 4) is 0 Å². The Kier molecular flexibility index (Phi) is 4.55. The summed E-state index contributed by atoms with van der Waals surface area (Å²) in [7, 11) is 0. The van der Waals surface area contributed by atoms with Crippen molar-refractivity contribution < 1.29 is 5.11 Å². The maximum Gasteiger partial charge on any atom is 0.0964 e. The second-order valence-corrected chi connectivity index (χ2v) is 3.46. The van der Waals surface area contributed by atoms with Crippen LogP contribution in [0.4, 0.5) is 0 Å². The van der Waals surface area contributed by atoms with Gasteiger partial charge in [-0.05, 0) is 19.9 Å². The highest BCUT2D eigenvalue weighted by atomic mass is 16.3. The SMILES string of the molecule is CCCNCc1cn(CC(C)O)nn1. The van der Waals surface area contributed by atoms with Crippen molar-refractivity contribution in [3.63, 3.8) is 0 Å². The van der Waals surface area contributed by atoms with E-state index in [2.05, 4.69) is 22.6 Å². The van der Waals surface area contributed by atoms with Gasteiger partial charge in [0.15, 0.2) is 0 Å². The Morgan fingerprint density at radius 2 is 2.43 bits per heavy atom. The van der Waals surface area contributed by atoms with E-state index in [9.17, 15) is 0 Å². The normalized spacial score (nSPS) is 13.1. The van der Waals surface area contributed by atoms with Gasteiger partial charge in [0.25, 0.3) is 0 Å². The van der Waals surface area contributed by atoms with E-state index in [0.717, 1.165) is 25.2 Å². The third-order valence-corrected chi connectivity index (χ3v) is 1.77. The Labute approximate surface area is 84.1 Å². The van der Waals surface area contributed by atoms with Crippen LogP contribution in [0, 0.1) is 0 Å². The zero-order valence-electron chi connectivity index (χ0n) is 8.77. The molecule has 5 heteroatoms. The summed E-state index contributed by atoms with van der Waals surface area (Å²) >= 11 is 0. The third kappa shape index (κ3) is 3.85. The fraction of sp³-hybridized carbons (Fsp3) is 0.778. The maximum absolute atomic E-state index is 9.12. The molecule has 1 rings (SSSR count). The number of aliphatic hydroxyl groups excluding tert-OH is 1. The Balaban J connectivity index is 2.35. The lowest BCUT2D eigenvalue weighted by atomic mass is 10.4. The Morgan fingerprint density at radius 1 is 1.64 bits per heavy atom. The van der Waals surface area contributed by atoms with E-state index in [0.29, 0.717) is 6.54 Å². The van der Waals surface area contributed by atoms with Gasteiger partial charge < -0.3 is 10.4 Å². The van der Waals surface area contributed by atoms with Gasteiger partial charge >= 0.3 is 0 Å². The lowest BCUT2D eigenvalue weighted by molar-refractivity contribution is 0.167. The summed E-state index contributed by atoms with van der Waals surface area (Å²) in [6, 6.07) is 0. The molecule has 0 radical (unpaired) electrons. The fourth-order valence-electron chi connectivity index (χ4n) is 1.17. The van der Waals surface area contributed by atoms with Crippen LogP contribution < -0.4 is 5.32 Å². The van der Waals surface area contributed by atoms with Crippen LogP contribution in [0.25, 0.3) is 0 Å². The van der Waals surface area contributed by atoms with Crippen LogP contribution in [0.2, 0.25) is 0 Å². The van der Waals surface area contributed by atoms with Gasteiger partial charge in [-0.2, -0.15) is 0 Å². The van der Waals surface area contributed by atoms with Gasteiger partial charge in [0.1, 0.15) is 0 Å². The average Bonchev–Trinajstić information content (AvgIpc) is 2.52. The van der Waals surface area contributed by atoms with Crippen LogP contribution >= 0.6 is 0 Å². The highest BCUT2D eigenvalue weighted by molar-refractivity contribution is 4.91. The van der Waals surface area contributed by atoms with Gasteiger partial charge in [-0.25, -0.2) is 4.68 Å². The van der Waals surface area contributed by atoms with E-state index in [1.807, 2.05) is 6.20 Å². The zero-order valence-corrected chi connectivity index (χ0v) is 8.77. The lowest BCUT2D eigenvalue weighted by Gasteiger charge is -2.01. The van der Waals surface area contributed by atoms with Crippen molar-refractivity contribution in [1.29, 1.82) is 0 Å². The highest BCUT2D eigenvalue weighted by Crippen LogP contribution is 1.94. The van der Waals surface area contributed by atoms with E-state index >= 15 is 0 Å². The number of nitrogens with zero attached hydrogens (tertiary/aromatic N) is 3. The molecule has 14 heavy (non-hydrogen) atoms. The van der Waals surface area contributed by atoms with Crippen LogP contribution in [-0.4, -0.2) is 32.7 Å². The Bertz CT molecular complexity index is 259. The summed E-state index contributed by atoms with van der Waals surface area (Å²) in [4.78, 5) is 0. The van der Waals surface area contributed by atoms with Gasteiger partial charge in [0, 0.05) is 12.7 Å². The van der Waals surface area contributed by atoms with Crippen LogP contribution in [0.15, 0.2) is 6.20 Å². The number of aromatic nitrogens is 3. The molecule has 2 N–H and O–H groups in total. The molecule has 0 fully saturated rings.